The topological polar surface area (TPSA) is 93.7 Å². The molecule has 0 aliphatic carbocycles. The molecule has 2 rings (SSSR count). The maximum absolute atomic E-state index is 11.6. The Hall–Kier alpha value is -2.57. The average Bonchev–Trinajstić information content (AvgIpc) is 3.00. The zero-order valence-electron chi connectivity index (χ0n) is 13.0. The molecule has 1 aromatic rings. The molecule has 1 aromatic carbocycles. The predicted octanol–water partition coefficient (Wildman–Crippen LogP) is 0.176. The number of nitrogens with one attached hydrogen (secondary N) is 2. The highest BCUT2D eigenvalue weighted by atomic mass is 16.5. The summed E-state index contributed by atoms with van der Waals surface area (Å²) in [7, 11) is 1.60. The Labute approximate surface area is 134 Å². The summed E-state index contributed by atoms with van der Waals surface area (Å²) in [4.78, 5) is 34.3. The van der Waals surface area contributed by atoms with Crippen molar-refractivity contribution in [2.24, 2.45) is 0 Å². The van der Waals surface area contributed by atoms with Crippen molar-refractivity contribution in [3.63, 3.8) is 0 Å². The van der Waals surface area contributed by atoms with Crippen LogP contribution in [0.2, 0.25) is 0 Å². The number of ether oxygens (including phenoxy) is 2. The van der Waals surface area contributed by atoms with E-state index in [1.807, 2.05) is 24.3 Å². The zero-order valence-corrected chi connectivity index (χ0v) is 13.0. The van der Waals surface area contributed by atoms with Crippen molar-refractivity contribution in [3.05, 3.63) is 29.8 Å². The fourth-order valence-electron chi connectivity index (χ4n) is 2.22. The molecule has 1 saturated heterocycles. The molecule has 2 N–H and O–H groups in total. The predicted molar refractivity (Wildman–Crippen MR) is 81.8 cm³/mol. The number of rotatable bonds is 7. The summed E-state index contributed by atoms with van der Waals surface area (Å²) >= 11 is 0. The van der Waals surface area contributed by atoms with Gasteiger partial charge >= 0.3 is 5.97 Å². The van der Waals surface area contributed by atoms with Crippen LogP contribution in [0.25, 0.3) is 0 Å². The molecule has 124 valence electrons. The summed E-state index contributed by atoms with van der Waals surface area (Å²) in [5, 5.41) is 5.18. The average molecular weight is 320 g/mol. The van der Waals surface area contributed by atoms with Crippen LogP contribution < -0.4 is 15.4 Å². The lowest BCUT2D eigenvalue weighted by Crippen LogP contribution is -2.37. The van der Waals surface area contributed by atoms with Crippen molar-refractivity contribution in [3.8, 4) is 5.75 Å². The van der Waals surface area contributed by atoms with Crippen LogP contribution in [0.15, 0.2) is 24.3 Å². The summed E-state index contributed by atoms with van der Waals surface area (Å²) in [5.41, 5.74) is 1.07. The largest absolute Gasteiger partial charge is 0.497 e. The fraction of sp³-hybridized carbons (Fsp3) is 0.438. The molecular weight excluding hydrogens is 300 g/mol. The van der Waals surface area contributed by atoms with Gasteiger partial charge in [0, 0.05) is 13.0 Å². The first-order valence-electron chi connectivity index (χ1n) is 7.44. The van der Waals surface area contributed by atoms with Gasteiger partial charge in [-0.15, -0.1) is 0 Å². The van der Waals surface area contributed by atoms with Gasteiger partial charge in [0.2, 0.25) is 5.91 Å². The first-order chi connectivity index (χ1) is 11.1. The summed E-state index contributed by atoms with van der Waals surface area (Å²) in [6.07, 6.45) is 1.40. The maximum Gasteiger partial charge on any atom is 0.329 e. The molecule has 1 fully saturated rings. The Morgan fingerprint density at radius 2 is 2.04 bits per heavy atom. The van der Waals surface area contributed by atoms with Gasteiger partial charge < -0.3 is 20.1 Å². The van der Waals surface area contributed by atoms with E-state index in [9.17, 15) is 14.4 Å². The lowest BCUT2D eigenvalue weighted by Gasteiger charge is -2.10. The number of carbonyl (C=O) groups excluding carboxylic acids is 3. The molecule has 0 radical (unpaired) electrons. The van der Waals surface area contributed by atoms with E-state index in [2.05, 4.69) is 10.6 Å². The highest BCUT2D eigenvalue weighted by molar-refractivity contribution is 5.89. The van der Waals surface area contributed by atoms with Crippen LogP contribution in [0.4, 0.5) is 0 Å². The van der Waals surface area contributed by atoms with Crippen LogP contribution in [0.3, 0.4) is 0 Å². The Morgan fingerprint density at radius 1 is 1.30 bits per heavy atom. The summed E-state index contributed by atoms with van der Waals surface area (Å²) < 4.78 is 9.96. The number of methoxy groups -OCH3 is 1. The Kier molecular flexibility index (Phi) is 5.96. The fourth-order valence-corrected chi connectivity index (χ4v) is 2.22. The van der Waals surface area contributed by atoms with Gasteiger partial charge in [-0.05, 0) is 30.5 Å². The van der Waals surface area contributed by atoms with Gasteiger partial charge in [-0.25, -0.2) is 4.79 Å². The molecule has 0 bridgehead atoms. The quantitative estimate of drug-likeness (QED) is 0.699. The number of amides is 2. The highest BCUT2D eigenvalue weighted by Crippen LogP contribution is 2.11. The highest BCUT2D eigenvalue weighted by Gasteiger charge is 2.28. The molecule has 2 amide bonds. The van der Waals surface area contributed by atoms with Crippen LogP contribution >= 0.6 is 0 Å². The Balaban J connectivity index is 1.62. The number of benzene rings is 1. The monoisotopic (exact) mass is 320 g/mol. The van der Waals surface area contributed by atoms with Crippen molar-refractivity contribution in [1.82, 2.24) is 10.6 Å². The van der Waals surface area contributed by atoms with Crippen LogP contribution in [0.5, 0.6) is 5.75 Å². The van der Waals surface area contributed by atoms with E-state index in [4.69, 9.17) is 9.47 Å². The molecule has 1 heterocycles. The second-order valence-corrected chi connectivity index (χ2v) is 5.21. The number of hydrogen-bond acceptors (Lipinski definition) is 5. The number of esters is 1. The molecular formula is C16H20N2O5. The summed E-state index contributed by atoms with van der Waals surface area (Å²) in [6.45, 7) is 0.108. The summed E-state index contributed by atoms with van der Waals surface area (Å²) in [5.74, 6) is -0.322. The van der Waals surface area contributed by atoms with Crippen LogP contribution in [-0.2, 0) is 25.5 Å². The molecule has 0 saturated carbocycles. The zero-order chi connectivity index (χ0) is 16.7. The van der Waals surface area contributed by atoms with Gasteiger partial charge in [-0.1, -0.05) is 12.1 Å². The molecule has 0 spiro atoms. The van der Waals surface area contributed by atoms with Gasteiger partial charge in [-0.2, -0.15) is 0 Å². The molecule has 0 unspecified atom stereocenters. The van der Waals surface area contributed by atoms with E-state index in [-0.39, 0.29) is 18.4 Å². The third-order valence-corrected chi connectivity index (χ3v) is 3.52. The molecule has 0 aromatic heterocycles. The Morgan fingerprint density at radius 3 is 2.65 bits per heavy atom. The normalized spacial score (nSPS) is 16.6. The van der Waals surface area contributed by atoms with Crippen LogP contribution in [0, 0.1) is 0 Å². The lowest BCUT2D eigenvalue weighted by molar-refractivity contribution is -0.150. The van der Waals surface area contributed by atoms with Crippen LogP contribution in [-0.4, -0.2) is 44.1 Å². The van der Waals surface area contributed by atoms with Gasteiger partial charge in [-0.3, -0.25) is 9.59 Å². The van der Waals surface area contributed by atoms with E-state index >= 15 is 0 Å². The molecule has 1 aliphatic rings. The van der Waals surface area contributed by atoms with E-state index in [0.29, 0.717) is 25.8 Å². The first-order valence-corrected chi connectivity index (χ1v) is 7.44. The SMILES string of the molecule is COc1ccc(CCNC(=O)COC(=O)[C@H]2CCC(=O)N2)cc1. The molecule has 1 atom stereocenters. The van der Waals surface area contributed by atoms with Crippen molar-refractivity contribution < 1.29 is 23.9 Å². The van der Waals surface area contributed by atoms with Gasteiger partial charge in [0.25, 0.3) is 5.91 Å². The molecule has 7 nitrogen and oxygen atoms in total. The first kappa shape index (κ1) is 16.8. The maximum atomic E-state index is 11.6. The lowest BCUT2D eigenvalue weighted by atomic mass is 10.1. The van der Waals surface area contributed by atoms with E-state index < -0.39 is 12.0 Å². The van der Waals surface area contributed by atoms with Crippen molar-refractivity contribution in [2.45, 2.75) is 25.3 Å². The Bertz CT molecular complexity index is 570. The van der Waals surface area contributed by atoms with Crippen molar-refractivity contribution in [2.75, 3.05) is 20.3 Å². The second kappa shape index (κ2) is 8.17. The van der Waals surface area contributed by atoms with Gasteiger partial charge in [0.05, 0.1) is 7.11 Å². The van der Waals surface area contributed by atoms with Crippen LogP contribution in [0.1, 0.15) is 18.4 Å². The van der Waals surface area contributed by atoms with E-state index in [1.165, 1.54) is 0 Å². The molecule has 7 heteroatoms. The standard InChI is InChI=1S/C16H20N2O5/c1-22-12-4-2-11(3-5-12)8-9-17-15(20)10-23-16(21)13-6-7-14(19)18-13/h2-5,13H,6-10H2,1H3,(H,17,20)(H,18,19)/t13-/m1/s1. The van der Waals surface area contributed by atoms with Gasteiger partial charge in [0.15, 0.2) is 6.61 Å². The third-order valence-electron chi connectivity index (χ3n) is 3.52. The number of carbonyl (C=O) groups is 3. The summed E-state index contributed by atoms with van der Waals surface area (Å²) in [6, 6.07) is 6.93. The number of hydrogen-bond donors (Lipinski definition) is 2. The minimum absolute atomic E-state index is 0.170. The minimum atomic E-state index is -0.630. The van der Waals surface area contributed by atoms with E-state index in [0.717, 1.165) is 11.3 Å². The van der Waals surface area contributed by atoms with Gasteiger partial charge in [0.1, 0.15) is 11.8 Å². The molecule has 23 heavy (non-hydrogen) atoms. The minimum Gasteiger partial charge on any atom is -0.497 e. The molecule has 1 aliphatic heterocycles. The smallest absolute Gasteiger partial charge is 0.329 e. The van der Waals surface area contributed by atoms with Crippen molar-refractivity contribution >= 4 is 17.8 Å². The third kappa shape index (κ3) is 5.28. The van der Waals surface area contributed by atoms with E-state index in [1.54, 1.807) is 7.11 Å². The second-order valence-electron chi connectivity index (χ2n) is 5.21. The van der Waals surface area contributed by atoms with Crippen molar-refractivity contribution in [1.29, 1.82) is 0 Å².